The Hall–Kier alpha value is -2.17. The van der Waals surface area contributed by atoms with Gasteiger partial charge in [0, 0.05) is 32.1 Å². The highest BCUT2D eigenvalue weighted by Gasteiger charge is 2.20. The summed E-state index contributed by atoms with van der Waals surface area (Å²) in [6.07, 6.45) is 0. The zero-order valence-corrected chi connectivity index (χ0v) is 12.7. The third-order valence-electron chi connectivity index (χ3n) is 3.63. The molecule has 0 atom stereocenters. The van der Waals surface area contributed by atoms with Gasteiger partial charge in [-0.15, -0.1) is 0 Å². The summed E-state index contributed by atoms with van der Waals surface area (Å²) in [6.45, 7) is 7.13. The van der Waals surface area contributed by atoms with E-state index in [9.17, 15) is 9.59 Å². The molecule has 0 saturated heterocycles. The van der Waals surface area contributed by atoms with Crippen LogP contribution in [0.15, 0.2) is 10.9 Å². The molecule has 0 fully saturated rings. The standard InChI is InChI=1S/C15H19N3O2/c1-8-7-9(2)15(20)17(5)13(8)12-10(3)14(11(4)19)18(6)16-12/h7H,1-6H3. The number of nitrogens with zero attached hydrogens (tertiary/aromatic N) is 3. The molecule has 0 amide bonds. The van der Waals surface area contributed by atoms with Crippen LogP contribution >= 0.6 is 0 Å². The number of rotatable bonds is 2. The number of pyridine rings is 1. The minimum Gasteiger partial charge on any atom is -0.309 e. The fourth-order valence-electron chi connectivity index (χ4n) is 2.78. The Morgan fingerprint density at radius 2 is 1.75 bits per heavy atom. The van der Waals surface area contributed by atoms with Crippen molar-refractivity contribution in [2.45, 2.75) is 27.7 Å². The van der Waals surface area contributed by atoms with Gasteiger partial charge < -0.3 is 4.57 Å². The van der Waals surface area contributed by atoms with Crippen LogP contribution in [-0.4, -0.2) is 20.1 Å². The molecule has 0 aliphatic heterocycles. The molecular formula is C15H19N3O2. The maximum atomic E-state index is 12.1. The number of hydrogen-bond acceptors (Lipinski definition) is 3. The number of carbonyl (C=O) groups excluding carboxylic acids is 1. The number of aromatic nitrogens is 3. The Labute approximate surface area is 117 Å². The van der Waals surface area contributed by atoms with Crippen LogP contribution in [0, 0.1) is 20.8 Å². The van der Waals surface area contributed by atoms with E-state index in [0.717, 1.165) is 16.8 Å². The van der Waals surface area contributed by atoms with Crippen LogP contribution in [0.4, 0.5) is 0 Å². The Kier molecular flexibility index (Phi) is 3.38. The zero-order valence-electron chi connectivity index (χ0n) is 12.7. The minimum absolute atomic E-state index is 0.0292. The quantitative estimate of drug-likeness (QED) is 0.785. The largest absolute Gasteiger partial charge is 0.309 e. The first-order chi connectivity index (χ1) is 9.25. The number of carbonyl (C=O) groups is 1. The molecule has 0 unspecified atom stereocenters. The van der Waals surface area contributed by atoms with Crippen LogP contribution in [0.5, 0.6) is 0 Å². The second kappa shape index (κ2) is 4.74. The smallest absolute Gasteiger partial charge is 0.253 e. The summed E-state index contributed by atoms with van der Waals surface area (Å²) in [5.41, 5.74) is 4.47. The highest BCUT2D eigenvalue weighted by Crippen LogP contribution is 2.26. The Balaban J connectivity index is 2.83. The minimum atomic E-state index is -0.0416. The number of Topliss-reactive ketones (excluding diaryl/α,β-unsaturated/α-hetero) is 1. The summed E-state index contributed by atoms with van der Waals surface area (Å²) in [7, 11) is 3.48. The van der Waals surface area contributed by atoms with Crippen molar-refractivity contribution in [2.24, 2.45) is 14.1 Å². The van der Waals surface area contributed by atoms with Crippen LogP contribution in [0.25, 0.3) is 11.4 Å². The fourth-order valence-corrected chi connectivity index (χ4v) is 2.78. The Morgan fingerprint density at radius 1 is 1.15 bits per heavy atom. The van der Waals surface area contributed by atoms with Gasteiger partial charge in [-0.3, -0.25) is 14.3 Å². The number of ketones is 1. The first-order valence-electron chi connectivity index (χ1n) is 6.47. The summed E-state index contributed by atoms with van der Waals surface area (Å²) >= 11 is 0. The van der Waals surface area contributed by atoms with Gasteiger partial charge in [0.05, 0.1) is 5.69 Å². The lowest BCUT2D eigenvalue weighted by Gasteiger charge is -2.11. The van der Waals surface area contributed by atoms with Gasteiger partial charge in [-0.25, -0.2) is 0 Å². The van der Waals surface area contributed by atoms with Crippen LogP contribution in [0.2, 0.25) is 0 Å². The van der Waals surface area contributed by atoms with E-state index in [-0.39, 0.29) is 11.3 Å². The lowest BCUT2D eigenvalue weighted by Crippen LogP contribution is -2.22. The van der Waals surface area contributed by atoms with Crippen molar-refractivity contribution < 1.29 is 4.79 Å². The maximum Gasteiger partial charge on any atom is 0.253 e. The molecule has 0 N–H and O–H groups in total. The molecule has 5 nitrogen and oxygen atoms in total. The topological polar surface area (TPSA) is 56.9 Å². The van der Waals surface area contributed by atoms with Crippen molar-refractivity contribution in [1.29, 1.82) is 0 Å². The molecule has 2 aromatic rings. The van der Waals surface area contributed by atoms with Crippen LogP contribution in [0.1, 0.15) is 34.1 Å². The SMILES string of the molecule is CC(=O)c1c(C)c(-c2c(C)cc(C)c(=O)n2C)nn1C. The first-order valence-corrected chi connectivity index (χ1v) is 6.47. The van der Waals surface area contributed by atoms with Gasteiger partial charge in [-0.2, -0.15) is 5.10 Å². The van der Waals surface area contributed by atoms with E-state index in [4.69, 9.17) is 0 Å². The molecule has 0 aromatic carbocycles. The summed E-state index contributed by atoms with van der Waals surface area (Å²) in [6, 6.07) is 1.86. The monoisotopic (exact) mass is 273 g/mol. The van der Waals surface area contributed by atoms with Crippen LogP contribution in [0.3, 0.4) is 0 Å². The molecule has 2 heterocycles. The Morgan fingerprint density at radius 3 is 2.25 bits per heavy atom. The molecule has 106 valence electrons. The van der Waals surface area contributed by atoms with E-state index in [1.807, 2.05) is 19.9 Å². The predicted molar refractivity (Wildman–Crippen MR) is 78.1 cm³/mol. The van der Waals surface area contributed by atoms with Gasteiger partial charge in [0.1, 0.15) is 11.4 Å². The normalized spacial score (nSPS) is 10.9. The summed E-state index contributed by atoms with van der Waals surface area (Å²) < 4.78 is 3.18. The second-order valence-corrected chi connectivity index (χ2v) is 5.23. The van der Waals surface area contributed by atoms with E-state index in [2.05, 4.69) is 5.10 Å². The molecule has 0 bridgehead atoms. The van der Waals surface area contributed by atoms with Crippen molar-refractivity contribution in [3.05, 3.63) is 38.8 Å². The molecule has 0 aliphatic rings. The van der Waals surface area contributed by atoms with E-state index >= 15 is 0 Å². The maximum absolute atomic E-state index is 12.1. The van der Waals surface area contributed by atoms with Gasteiger partial charge in [0.15, 0.2) is 5.78 Å². The van der Waals surface area contributed by atoms with Gasteiger partial charge in [-0.05, 0) is 32.4 Å². The molecule has 2 aromatic heterocycles. The average molecular weight is 273 g/mol. The first kappa shape index (κ1) is 14.2. The lowest BCUT2D eigenvalue weighted by molar-refractivity contribution is 0.100. The summed E-state index contributed by atoms with van der Waals surface area (Å²) in [5.74, 6) is -0.0292. The molecule has 0 aliphatic carbocycles. The summed E-state index contributed by atoms with van der Waals surface area (Å²) in [5, 5.41) is 4.43. The highest BCUT2D eigenvalue weighted by molar-refractivity contribution is 5.95. The third-order valence-corrected chi connectivity index (χ3v) is 3.63. The highest BCUT2D eigenvalue weighted by atomic mass is 16.1. The molecule has 20 heavy (non-hydrogen) atoms. The second-order valence-electron chi connectivity index (χ2n) is 5.23. The molecule has 0 radical (unpaired) electrons. The van der Waals surface area contributed by atoms with Gasteiger partial charge in [0.2, 0.25) is 0 Å². The zero-order chi connectivity index (χ0) is 15.2. The predicted octanol–water partition coefficient (Wildman–Crippen LogP) is 1.91. The summed E-state index contributed by atoms with van der Waals surface area (Å²) in [4.78, 5) is 23.8. The van der Waals surface area contributed by atoms with Crippen molar-refractivity contribution >= 4 is 5.78 Å². The molecular weight excluding hydrogens is 254 g/mol. The van der Waals surface area contributed by atoms with E-state index in [1.165, 1.54) is 6.92 Å². The van der Waals surface area contributed by atoms with Crippen molar-refractivity contribution in [3.63, 3.8) is 0 Å². The lowest BCUT2D eigenvalue weighted by atomic mass is 10.0. The van der Waals surface area contributed by atoms with E-state index in [0.29, 0.717) is 17.0 Å². The van der Waals surface area contributed by atoms with Crippen molar-refractivity contribution in [3.8, 4) is 11.4 Å². The third kappa shape index (κ3) is 1.99. The van der Waals surface area contributed by atoms with Crippen LogP contribution in [-0.2, 0) is 14.1 Å². The molecule has 5 heteroatoms. The average Bonchev–Trinajstić information content (AvgIpc) is 2.62. The molecule has 0 spiro atoms. The van der Waals surface area contributed by atoms with E-state index < -0.39 is 0 Å². The molecule has 0 saturated carbocycles. The fraction of sp³-hybridized carbons (Fsp3) is 0.400. The number of hydrogen-bond donors (Lipinski definition) is 0. The van der Waals surface area contributed by atoms with Crippen LogP contribution < -0.4 is 5.56 Å². The van der Waals surface area contributed by atoms with Gasteiger partial charge in [0.25, 0.3) is 5.56 Å². The van der Waals surface area contributed by atoms with E-state index in [1.54, 1.807) is 30.3 Å². The van der Waals surface area contributed by atoms with Crippen molar-refractivity contribution in [2.75, 3.05) is 0 Å². The van der Waals surface area contributed by atoms with Gasteiger partial charge >= 0.3 is 0 Å². The van der Waals surface area contributed by atoms with Crippen molar-refractivity contribution in [1.82, 2.24) is 14.3 Å². The molecule has 2 rings (SSSR count). The number of aryl methyl sites for hydroxylation is 3. The van der Waals surface area contributed by atoms with Gasteiger partial charge in [-0.1, -0.05) is 0 Å². The Bertz CT molecular complexity index is 766.